The highest BCUT2D eigenvalue weighted by Gasteiger charge is 2.32. The van der Waals surface area contributed by atoms with E-state index in [9.17, 15) is 26.4 Å². The lowest BCUT2D eigenvalue weighted by molar-refractivity contribution is -0.137. The molecule has 1 aromatic carbocycles. The van der Waals surface area contributed by atoms with Crippen LogP contribution in [0.15, 0.2) is 47.5 Å². The zero-order chi connectivity index (χ0) is 18.9. The van der Waals surface area contributed by atoms with Gasteiger partial charge in [0.1, 0.15) is 0 Å². The first kappa shape index (κ1) is 18.4. The fraction of sp³-hybridized carbons (Fsp3) is 0.294. The molecule has 1 N–H and O–H groups in total. The molecule has 1 amide bonds. The number of sulfone groups is 1. The van der Waals surface area contributed by atoms with Gasteiger partial charge in [-0.25, -0.2) is 8.42 Å². The smallest absolute Gasteiger partial charge is 0.349 e. The van der Waals surface area contributed by atoms with Crippen LogP contribution in [0.4, 0.5) is 13.2 Å². The molecule has 9 heteroatoms. The summed E-state index contributed by atoms with van der Waals surface area (Å²) in [5, 5.41) is 2.69. The monoisotopic (exact) mass is 384 g/mol. The van der Waals surface area contributed by atoms with Gasteiger partial charge in [-0.2, -0.15) is 13.2 Å². The third-order valence-electron chi connectivity index (χ3n) is 4.13. The van der Waals surface area contributed by atoms with Gasteiger partial charge in [0, 0.05) is 6.20 Å². The molecule has 0 bridgehead atoms. The van der Waals surface area contributed by atoms with Gasteiger partial charge >= 0.3 is 6.18 Å². The number of pyridine rings is 1. The number of hydrogen-bond acceptors (Lipinski definition) is 4. The Morgan fingerprint density at radius 1 is 1.23 bits per heavy atom. The molecule has 1 aliphatic heterocycles. The largest absolute Gasteiger partial charge is 0.416 e. The molecule has 1 aliphatic rings. The molecule has 1 atom stereocenters. The highest BCUT2D eigenvalue weighted by molar-refractivity contribution is 7.91. The van der Waals surface area contributed by atoms with Crippen LogP contribution in [-0.2, 0) is 27.2 Å². The van der Waals surface area contributed by atoms with Crippen molar-refractivity contribution in [3.8, 4) is 0 Å². The fourth-order valence-electron chi connectivity index (χ4n) is 2.90. The van der Waals surface area contributed by atoms with Gasteiger partial charge in [0.25, 0.3) is 0 Å². The minimum atomic E-state index is -4.51. The molecule has 0 saturated heterocycles. The van der Waals surface area contributed by atoms with Crippen molar-refractivity contribution in [2.45, 2.75) is 30.0 Å². The minimum Gasteiger partial charge on any atom is -0.349 e. The molecule has 0 aliphatic carbocycles. The van der Waals surface area contributed by atoms with E-state index in [1.54, 1.807) is 18.2 Å². The number of rotatable bonds is 3. The summed E-state index contributed by atoms with van der Waals surface area (Å²) in [5.41, 5.74) is -0.387. The van der Waals surface area contributed by atoms with Gasteiger partial charge in [-0.05, 0) is 30.2 Å². The van der Waals surface area contributed by atoms with Crippen molar-refractivity contribution in [3.05, 3.63) is 59.4 Å². The normalized spacial score (nSPS) is 18.8. The van der Waals surface area contributed by atoms with Crippen LogP contribution in [0.1, 0.15) is 29.3 Å². The van der Waals surface area contributed by atoms with Crippen molar-refractivity contribution in [2.75, 3.05) is 5.75 Å². The predicted octanol–water partition coefficient (Wildman–Crippen LogP) is 2.68. The molecule has 0 fully saturated rings. The number of benzene rings is 1. The van der Waals surface area contributed by atoms with E-state index in [1.807, 2.05) is 0 Å². The van der Waals surface area contributed by atoms with Crippen LogP contribution in [0.5, 0.6) is 0 Å². The van der Waals surface area contributed by atoms with Gasteiger partial charge in [0.2, 0.25) is 5.91 Å². The van der Waals surface area contributed by atoms with Crippen LogP contribution in [-0.4, -0.2) is 25.1 Å². The van der Waals surface area contributed by atoms with Gasteiger partial charge in [-0.1, -0.05) is 18.2 Å². The molecule has 0 saturated carbocycles. The van der Waals surface area contributed by atoms with Crippen molar-refractivity contribution in [2.24, 2.45) is 0 Å². The average molecular weight is 384 g/mol. The van der Waals surface area contributed by atoms with Crippen LogP contribution in [0.25, 0.3) is 0 Å². The molecule has 2 heterocycles. The maximum atomic E-state index is 12.7. The number of aromatic nitrogens is 1. The number of carbonyl (C=O) groups excluding carboxylic acids is 1. The second-order valence-corrected chi connectivity index (χ2v) is 8.05. The standard InChI is InChI=1S/C17H15F3N2O3S/c18-17(19,20)11-5-7-21-12(9-11)10-16(23)22-14-6-8-26(24,25)15-4-2-1-3-13(14)15/h1-5,7,9,14H,6,8,10H2,(H,22,23). The van der Waals surface area contributed by atoms with Gasteiger partial charge in [-0.15, -0.1) is 0 Å². The molecule has 138 valence electrons. The topological polar surface area (TPSA) is 76.1 Å². The first-order valence-electron chi connectivity index (χ1n) is 7.80. The van der Waals surface area contributed by atoms with Crippen LogP contribution in [0.2, 0.25) is 0 Å². The Labute approximate surface area is 148 Å². The number of halogens is 3. The van der Waals surface area contributed by atoms with Crippen molar-refractivity contribution in [1.82, 2.24) is 10.3 Å². The first-order valence-corrected chi connectivity index (χ1v) is 9.45. The van der Waals surface area contributed by atoms with Crippen LogP contribution in [0, 0.1) is 0 Å². The van der Waals surface area contributed by atoms with E-state index in [-0.39, 0.29) is 29.2 Å². The van der Waals surface area contributed by atoms with Crippen LogP contribution < -0.4 is 5.32 Å². The van der Waals surface area contributed by atoms with Gasteiger partial charge in [-0.3, -0.25) is 9.78 Å². The highest BCUT2D eigenvalue weighted by Crippen LogP contribution is 2.32. The molecule has 0 radical (unpaired) electrons. The van der Waals surface area contributed by atoms with Gasteiger partial charge in [0.15, 0.2) is 9.84 Å². The molecule has 26 heavy (non-hydrogen) atoms. The number of carbonyl (C=O) groups is 1. The third kappa shape index (κ3) is 3.87. The molecular weight excluding hydrogens is 369 g/mol. The number of amides is 1. The van der Waals surface area contributed by atoms with Crippen LogP contribution in [0.3, 0.4) is 0 Å². The van der Waals surface area contributed by atoms with E-state index >= 15 is 0 Å². The number of fused-ring (bicyclic) bond motifs is 1. The Morgan fingerprint density at radius 2 is 1.96 bits per heavy atom. The van der Waals surface area contributed by atoms with Crippen molar-refractivity contribution >= 4 is 15.7 Å². The molecular formula is C17H15F3N2O3S. The molecule has 1 aromatic heterocycles. The van der Waals surface area contributed by atoms with Gasteiger partial charge < -0.3 is 5.32 Å². The SMILES string of the molecule is O=C(Cc1cc(C(F)(F)F)ccn1)NC1CCS(=O)(=O)c2ccccc21. The number of nitrogens with one attached hydrogen (secondary N) is 1. The molecule has 2 aromatic rings. The Kier molecular flexibility index (Phi) is 4.74. The summed E-state index contributed by atoms with van der Waals surface area (Å²) in [7, 11) is -3.38. The second kappa shape index (κ2) is 6.71. The lowest BCUT2D eigenvalue weighted by Crippen LogP contribution is -2.34. The zero-order valence-electron chi connectivity index (χ0n) is 13.5. The summed E-state index contributed by atoms with van der Waals surface area (Å²) in [5.74, 6) is -0.618. The Hall–Kier alpha value is -2.42. The van der Waals surface area contributed by atoms with E-state index in [4.69, 9.17) is 0 Å². The Bertz CT molecular complexity index is 942. The lowest BCUT2D eigenvalue weighted by atomic mass is 10.0. The Balaban J connectivity index is 1.76. The maximum absolute atomic E-state index is 12.7. The van der Waals surface area contributed by atoms with E-state index in [0.29, 0.717) is 5.56 Å². The summed E-state index contributed by atoms with van der Waals surface area (Å²) in [6.45, 7) is 0. The number of nitrogens with zero attached hydrogens (tertiary/aromatic N) is 1. The quantitative estimate of drug-likeness (QED) is 0.883. The second-order valence-electron chi connectivity index (χ2n) is 5.98. The van der Waals surface area contributed by atoms with E-state index in [2.05, 4.69) is 10.3 Å². The number of alkyl halides is 3. The minimum absolute atomic E-state index is 0.00552. The number of hydrogen-bond donors (Lipinski definition) is 1. The van der Waals surface area contributed by atoms with Crippen LogP contribution >= 0.6 is 0 Å². The molecule has 5 nitrogen and oxygen atoms in total. The molecule has 1 unspecified atom stereocenters. The first-order chi connectivity index (χ1) is 12.2. The third-order valence-corrected chi connectivity index (χ3v) is 5.94. The summed E-state index contributed by atoms with van der Waals surface area (Å²) >= 11 is 0. The summed E-state index contributed by atoms with van der Waals surface area (Å²) < 4.78 is 62.4. The van der Waals surface area contributed by atoms with E-state index < -0.39 is 33.5 Å². The summed E-state index contributed by atoms with van der Waals surface area (Å²) in [4.78, 5) is 16.2. The lowest BCUT2D eigenvalue weighted by Gasteiger charge is -2.26. The van der Waals surface area contributed by atoms with Crippen molar-refractivity contribution in [3.63, 3.8) is 0 Å². The molecule has 0 spiro atoms. The van der Waals surface area contributed by atoms with E-state index in [0.717, 1.165) is 18.3 Å². The Morgan fingerprint density at radius 3 is 2.69 bits per heavy atom. The zero-order valence-corrected chi connectivity index (χ0v) is 14.3. The maximum Gasteiger partial charge on any atom is 0.416 e. The predicted molar refractivity (Wildman–Crippen MR) is 86.9 cm³/mol. The average Bonchev–Trinajstić information content (AvgIpc) is 2.57. The highest BCUT2D eigenvalue weighted by atomic mass is 32.2. The fourth-order valence-corrected chi connectivity index (χ4v) is 4.52. The van der Waals surface area contributed by atoms with Crippen molar-refractivity contribution < 1.29 is 26.4 Å². The molecule has 3 rings (SSSR count). The summed E-state index contributed by atoms with van der Waals surface area (Å²) in [6.07, 6.45) is -3.62. The van der Waals surface area contributed by atoms with Crippen molar-refractivity contribution in [1.29, 1.82) is 0 Å². The van der Waals surface area contributed by atoms with Gasteiger partial charge in [0.05, 0.1) is 34.4 Å². The van der Waals surface area contributed by atoms with E-state index in [1.165, 1.54) is 6.07 Å². The summed E-state index contributed by atoms with van der Waals surface area (Å²) in [6, 6.07) is 7.55.